The molecule has 0 bridgehead atoms. The molecule has 4 nitrogen and oxygen atoms in total. The van der Waals surface area contributed by atoms with Gasteiger partial charge in [-0.3, -0.25) is 0 Å². The van der Waals surface area contributed by atoms with Crippen LogP contribution >= 0.6 is 0 Å². The summed E-state index contributed by atoms with van der Waals surface area (Å²) < 4.78 is 5.25. The molecule has 2 amide bonds. The van der Waals surface area contributed by atoms with Gasteiger partial charge in [-0.15, -0.1) is 0 Å². The van der Waals surface area contributed by atoms with Crippen LogP contribution in [0.15, 0.2) is 30.5 Å². The van der Waals surface area contributed by atoms with Crippen molar-refractivity contribution >= 4 is 12.1 Å². The van der Waals surface area contributed by atoms with Crippen molar-refractivity contribution in [2.45, 2.75) is 33.2 Å². The molecule has 0 fully saturated rings. The van der Waals surface area contributed by atoms with Crippen molar-refractivity contribution in [3.63, 3.8) is 0 Å². The van der Waals surface area contributed by atoms with Gasteiger partial charge in [-0.05, 0) is 39.8 Å². The Kier molecular flexibility index (Phi) is 5.62. The first-order chi connectivity index (χ1) is 9.40. The molecular formula is C16H24N2O2. The van der Waals surface area contributed by atoms with E-state index in [9.17, 15) is 4.79 Å². The minimum absolute atomic E-state index is 0.105. The van der Waals surface area contributed by atoms with E-state index in [1.165, 1.54) is 0 Å². The maximum absolute atomic E-state index is 12.1. The zero-order valence-electron chi connectivity index (χ0n) is 12.9. The van der Waals surface area contributed by atoms with Crippen LogP contribution in [0.1, 0.15) is 33.3 Å². The maximum atomic E-state index is 12.1. The van der Waals surface area contributed by atoms with Crippen LogP contribution in [0.5, 0.6) is 5.75 Å². The van der Waals surface area contributed by atoms with Crippen LogP contribution in [-0.4, -0.2) is 30.1 Å². The summed E-state index contributed by atoms with van der Waals surface area (Å²) in [6, 6.07) is 7.55. The molecule has 110 valence electrons. The third-order valence-corrected chi connectivity index (χ3v) is 2.98. The lowest BCUT2D eigenvalue weighted by Crippen LogP contribution is -2.49. The molecule has 0 aliphatic rings. The van der Waals surface area contributed by atoms with Gasteiger partial charge < -0.3 is 15.0 Å². The fourth-order valence-corrected chi connectivity index (χ4v) is 2.01. The van der Waals surface area contributed by atoms with Gasteiger partial charge in [0.25, 0.3) is 0 Å². The van der Waals surface area contributed by atoms with Crippen molar-refractivity contribution in [2.75, 3.05) is 13.7 Å². The lowest BCUT2D eigenvalue weighted by atomic mass is 10.1. The van der Waals surface area contributed by atoms with E-state index in [1.54, 1.807) is 18.2 Å². The number of amides is 2. The molecule has 0 saturated carbocycles. The van der Waals surface area contributed by atoms with E-state index in [0.717, 1.165) is 11.3 Å². The van der Waals surface area contributed by atoms with Gasteiger partial charge in [0, 0.05) is 23.8 Å². The summed E-state index contributed by atoms with van der Waals surface area (Å²) in [7, 11) is 1.63. The zero-order valence-corrected chi connectivity index (χ0v) is 12.9. The molecule has 1 rings (SSSR count). The summed E-state index contributed by atoms with van der Waals surface area (Å²) in [5, 5.41) is 2.79. The fourth-order valence-electron chi connectivity index (χ4n) is 2.01. The van der Waals surface area contributed by atoms with Crippen LogP contribution in [0.25, 0.3) is 6.08 Å². The van der Waals surface area contributed by atoms with Gasteiger partial charge in [-0.25, -0.2) is 4.79 Å². The average molecular weight is 276 g/mol. The van der Waals surface area contributed by atoms with Gasteiger partial charge in [-0.2, -0.15) is 0 Å². The SMILES string of the molecule is CCN(C(=O)N/C=C/c1ccccc1OC)C(C)(C)C. The highest BCUT2D eigenvalue weighted by Crippen LogP contribution is 2.18. The van der Waals surface area contributed by atoms with Gasteiger partial charge in [0.2, 0.25) is 0 Å². The summed E-state index contributed by atoms with van der Waals surface area (Å²) >= 11 is 0. The van der Waals surface area contributed by atoms with E-state index < -0.39 is 0 Å². The zero-order chi connectivity index (χ0) is 15.2. The smallest absolute Gasteiger partial charge is 0.321 e. The number of ether oxygens (including phenoxy) is 1. The van der Waals surface area contributed by atoms with E-state index in [1.807, 2.05) is 58.0 Å². The van der Waals surface area contributed by atoms with Gasteiger partial charge in [-0.1, -0.05) is 18.2 Å². The number of nitrogens with one attached hydrogen (secondary N) is 1. The van der Waals surface area contributed by atoms with Crippen molar-refractivity contribution in [3.8, 4) is 5.75 Å². The molecule has 4 heteroatoms. The number of nitrogens with zero attached hydrogens (tertiary/aromatic N) is 1. The molecule has 0 aliphatic heterocycles. The lowest BCUT2D eigenvalue weighted by molar-refractivity contribution is 0.153. The highest BCUT2D eigenvalue weighted by atomic mass is 16.5. The number of rotatable bonds is 4. The van der Waals surface area contributed by atoms with E-state index in [0.29, 0.717) is 6.54 Å². The third kappa shape index (κ3) is 4.30. The van der Waals surface area contributed by atoms with Crippen molar-refractivity contribution in [2.24, 2.45) is 0 Å². The first-order valence-corrected chi connectivity index (χ1v) is 6.78. The predicted octanol–water partition coefficient (Wildman–Crippen LogP) is 3.50. The second kappa shape index (κ2) is 6.98. The molecule has 0 spiro atoms. The molecule has 1 N–H and O–H groups in total. The predicted molar refractivity (Wildman–Crippen MR) is 82.7 cm³/mol. The number of hydrogen-bond acceptors (Lipinski definition) is 2. The van der Waals surface area contributed by atoms with Crippen LogP contribution in [0.4, 0.5) is 4.79 Å². The Balaban J connectivity index is 2.71. The molecule has 1 aromatic rings. The second-order valence-corrected chi connectivity index (χ2v) is 5.44. The number of urea groups is 1. The maximum Gasteiger partial charge on any atom is 0.321 e. The Bertz CT molecular complexity index is 476. The van der Waals surface area contributed by atoms with Crippen molar-refractivity contribution in [1.82, 2.24) is 10.2 Å². The monoisotopic (exact) mass is 276 g/mol. The Labute approximate surface area is 121 Å². The summed E-state index contributed by atoms with van der Waals surface area (Å²) in [5.41, 5.74) is 0.728. The minimum atomic E-state index is -0.197. The molecule has 20 heavy (non-hydrogen) atoms. The molecule has 0 atom stereocenters. The molecule has 0 saturated heterocycles. The largest absolute Gasteiger partial charge is 0.496 e. The molecular weight excluding hydrogens is 252 g/mol. The first kappa shape index (κ1) is 16.1. The van der Waals surface area contributed by atoms with Crippen molar-refractivity contribution in [3.05, 3.63) is 36.0 Å². The van der Waals surface area contributed by atoms with Gasteiger partial charge in [0.15, 0.2) is 0 Å². The number of benzene rings is 1. The van der Waals surface area contributed by atoms with Crippen molar-refractivity contribution < 1.29 is 9.53 Å². The lowest BCUT2D eigenvalue weighted by Gasteiger charge is -2.34. The Morgan fingerprint density at radius 1 is 1.35 bits per heavy atom. The van der Waals surface area contributed by atoms with Crippen LogP contribution in [-0.2, 0) is 0 Å². The number of methoxy groups -OCH3 is 1. The molecule has 0 aromatic heterocycles. The Hall–Kier alpha value is -1.97. The summed E-state index contributed by atoms with van der Waals surface area (Å²) in [4.78, 5) is 13.9. The summed E-state index contributed by atoms with van der Waals surface area (Å²) in [6.45, 7) is 8.67. The van der Waals surface area contributed by atoms with Crippen LogP contribution < -0.4 is 10.1 Å². The van der Waals surface area contributed by atoms with E-state index >= 15 is 0 Å². The fraction of sp³-hybridized carbons (Fsp3) is 0.438. The minimum Gasteiger partial charge on any atom is -0.496 e. The van der Waals surface area contributed by atoms with Crippen LogP contribution in [0.3, 0.4) is 0 Å². The number of hydrogen-bond donors (Lipinski definition) is 1. The summed E-state index contributed by atoms with van der Waals surface area (Å²) in [5.74, 6) is 0.779. The van der Waals surface area contributed by atoms with Gasteiger partial charge >= 0.3 is 6.03 Å². The third-order valence-electron chi connectivity index (χ3n) is 2.98. The molecule has 0 aliphatic carbocycles. The van der Waals surface area contributed by atoms with E-state index in [4.69, 9.17) is 4.74 Å². The van der Waals surface area contributed by atoms with E-state index in [2.05, 4.69) is 5.32 Å². The highest BCUT2D eigenvalue weighted by Gasteiger charge is 2.23. The van der Waals surface area contributed by atoms with E-state index in [-0.39, 0.29) is 11.6 Å². The number of para-hydroxylation sites is 1. The Morgan fingerprint density at radius 3 is 2.55 bits per heavy atom. The average Bonchev–Trinajstić information content (AvgIpc) is 2.38. The normalized spacial score (nSPS) is 11.4. The number of carbonyl (C=O) groups is 1. The quantitative estimate of drug-likeness (QED) is 0.914. The molecule has 0 unspecified atom stereocenters. The second-order valence-electron chi connectivity index (χ2n) is 5.44. The molecule has 1 aromatic carbocycles. The highest BCUT2D eigenvalue weighted by molar-refractivity contribution is 5.77. The van der Waals surface area contributed by atoms with Gasteiger partial charge in [0.1, 0.15) is 5.75 Å². The first-order valence-electron chi connectivity index (χ1n) is 6.78. The Morgan fingerprint density at radius 2 is 2.00 bits per heavy atom. The summed E-state index contributed by atoms with van der Waals surface area (Å²) in [6.07, 6.45) is 3.47. The van der Waals surface area contributed by atoms with Crippen LogP contribution in [0, 0.1) is 0 Å². The molecule has 0 heterocycles. The molecule has 0 radical (unpaired) electrons. The number of carbonyl (C=O) groups excluding carboxylic acids is 1. The van der Waals surface area contributed by atoms with Crippen molar-refractivity contribution in [1.29, 1.82) is 0 Å². The standard InChI is InChI=1S/C16H24N2O2/c1-6-18(16(2,3)4)15(19)17-12-11-13-9-7-8-10-14(13)20-5/h7-12H,6H2,1-5H3,(H,17,19)/b12-11+. The van der Waals surface area contributed by atoms with Crippen LogP contribution in [0.2, 0.25) is 0 Å². The van der Waals surface area contributed by atoms with Gasteiger partial charge in [0.05, 0.1) is 7.11 Å². The topological polar surface area (TPSA) is 41.6 Å².